The molecule has 2 N–H and O–H groups in total. The van der Waals surface area contributed by atoms with Crippen LogP contribution in [0.1, 0.15) is 35.5 Å². The van der Waals surface area contributed by atoms with Crippen LogP contribution in [0.3, 0.4) is 0 Å². The standard InChI is InChI=1S/C17H22N4O2/c1-12(2)21(3)11-14-7-5-4-6-13(14)10-18-17(23)15-8-9-16(22)20-19-15/h4-9,12H,10-11H2,1-3H3,(H,18,23)(H,20,22). The van der Waals surface area contributed by atoms with Gasteiger partial charge in [-0.25, -0.2) is 5.10 Å². The molecule has 1 amide bonds. The molecular weight excluding hydrogens is 292 g/mol. The summed E-state index contributed by atoms with van der Waals surface area (Å²) in [6.45, 7) is 5.53. The van der Waals surface area contributed by atoms with E-state index in [1.165, 1.54) is 17.7 Å². The predicted molar refractivity (Wildman–Crippen MR) is 89.1 cm³/mol. The van der Waals surface area contributed by atoms with Crippen LogP contribution in [0.25, 0.3) is 0 Å². The Bertz CT molecular complexity index is 704. The van der Waals surface area contributed by atoms with Gasteiger partial charge in [0.1, 0.15) is 5.69 Å². The largest absolute Gasteiger partial charge is 0.347 e. The second-order valence-electron chi connectivity index (χ2n) is 5.77. The molecule has 0 saturated carbocycles. The van der Waals surface area contributed by atoms with E-state index >= 15 is 0 Å². The fourth-order valence-electron chi connectivity index (χ4n) is 2.07. The van der Waals surface area contributed by atoms with Crippen molar-refractivity contribution in [3.63, 3.8) is 0 Å². The highest BCUT2D eigenvalue weighted by atomic mass is 16.2. The molecular formula is C17H22N4O2. The fraction of sp³-hybridized carbons (Fsp3) is 0.353. The summed E-state index contributed by atoms with van der Waals surface area (Å²) in [5.41, 5.74) is 2.11. The Balaban J connectivity index is 2.04. The van der Waals surface area contributed by atoms with Crippen molar-refractivity contribution in [3.05, 3.63) is 63.6 Å². The van der Waals surface area contributed by atoms with Crippen LogP contribution in [-0.4, -0.2) is 34.1 Å². The molecule has 0 aliphatic heterocycles. The summed E-state index contributed by atoms with van der Waals surface area (Å²) in [5, 5.41) is 8.82. The number of carbonyl (C=O) groups is 1. The van der Waals surface area contributed by atoms with Gasteiger partial charge in [0, 0.05) is 25.2 Å². The average Bonchev–Trinajstić information content (AvgIpc) is 2.54. The summed E-state index contributed by atoms with van der Waals surface area (Å²) < 4.78 is 0. The van der Waals surface area contributed by atoms with E-state index in [4.69, 9.17) is 0 Å². The van der Waals surface area contributed by atoms with Gasteiger partial charge < -0.3 is 5.32 Å². The maximum absolute atomic E-state index is 12.1. The minimum atomic E-state index is -0.330. The SMILES string of the molecule is CC(C)N(C)Cc1ccccc1CNC(=O)c1ccc(=O)[nH]n1. The molecule has 0 saturated heterocycles. The maximum atomic E-state index is 12.1. The molecule has 2 aromatic rings. The first kappa shape index (κ1) is 16.9. The third-order valence-electron chi connectivity index (χ3n) is 3.77. The Morgan fingerprint density at radius 2 is 1.91 bits per heavy atom. The molecule has 6 heteroatoms. The summed E-state index contributed by atoms with van der Waals surface area (Å²) in [4.78, 5) is 25.3. The van der Waals surface area contributed by atoms with E-state index in [9.17, 15) is 9.59 Å². The van der Waals surface area contributed by atoms with Gasteiger partial charge in [-0.1, -0.05) is 24.3 Å². The van der Waals surface area contributed by atoms with Crippen LogP contribution < -0.4 is 10.9 Å². The van der Waals surface area contributed by atoms with Crippen molar-refractivity contribution in [3.8, 4) is 0 Å². The minimum absolute atomic E-state index is 0.196. The number of benzene rings is 1. The molecule has 0 spiro atoms. The van der Waals surface area contributed by atoms with Gasteiger partial charge in [0.25, 0.3) is 11.5 Å². The highest BCUT2D eigenvalue weighted by Gasteiger charge is 2.10. The summed E-state index contributed by atoms with van der Waals surface area (Å²) in [7, 11) is 2.07. The second-order valence-corrected chi connectivity index (χ2v) is 5.77. The number of hydrogen-bond acceptors (Lipinski definition) is 4. The Morgan fingerprint density at radius 3 is 2.52 bits per heavy atom. The van der Waals surface area contributed by atoms with Crippen molar-refractivity contribution in [2.75, 3.05) is 7.05 Å². The van der Waals surface area contributed by atoms with E-state index in [2.05, 4.69) is 47.4 Å². The van der Waals surface area contributed by atoms with Gasteiger partial charge in [0.2, 0.25) is 0 Å². The van der Waals surface area contributed by atoms with E-state index in [0.717, 1.165) is 12.1 Å². The average molecular weight is 314 g/mol. The summed E-state index contributed by atoms with van der Waals surface area (Å²) in [5.74, 6) is -0.312. The first-order valence-corrected chi connectivity index (χ1v) is 7.58. The first-order valence-electron chi connectivity index (χ1n) is 7.58. The van der Waals surface area contributed by atoms with Gasteiger partial charge in [0.05, 0.1) is 0 Å². The third-order valence-corrected chi connectivity index (χ3v) is 3.77. The van der Waals surface area contributed by atoms with E-state index < -0.39 is 0 Å². The van der Waals surface area contributed by atoms with Gasteiger partial charge >= 0.3 is 0 Å². The van der Waals surface area contributed by atoms with Crippen molar-refractivity contribution in [2.24, 2.45) is 0 Å². The number of nitrogens with zero attached hydrogens (tertiary/aromatic N) is 2. The Labute approximate surface area is 135 Å². The van der Waals surface area contributed by atoms with Crippen molar-refractivity contribution >= 4 is 5.91 Å². The molecule has 0 unspecified atom stereocenters. The molecule has 0 atom stereocenters. The lowest BCUT2D eigenvalue weighted by atomic mass is 10.1. The number of hydrogen-bond donors (Lipinski definition) is 2. The Kier molecular flexibility index (Phi) is 5.65. The molecule has 0 radical (unpaired) electrons. The zero-order chi connectivity index (χ0) is 16.8. The third kappa shape index (κ3) is 4.75. The molecule has 2 rings (SSSR count). The highest BCUT2D eigenvalue weighted by molar-refractivity contribution is 5.91. The van der Waals surface area contributed by atoms with Gasteiger partial charge in [-0.3, -0.25) is 14.5 Å². The summed E-state index contributed by atoms with van der Waals surface area (Å²) in [6.07, 6.45) is 0. The quantitative estimate of drug-likeness (QED) is 0.848. The number of aromatic amines is 1. The van der Waals surface area contributed by atoms with Crippen LogP contribution in [0.5, 0.6) is 0 Å². The number of H-pyrrole nitrogens is 1. The van der Waals surface area contributed by atoms with Gasteiger partial charge in [-0.15, -0.1) is 0 Å². The molecule has 122 valence electrons. The predicted octanol–water partition coefficient (Wildman–Crippen LogP) is 1.54. The van der Waals surface area contributed by atoms with E-state index in [1.807, 2.05) is 18.2 Å². The van der Waals surface area contributed by atoms with E-state index in [-0.39, 0.29) is 17.2 Å². The first-order chi connectivity index (χ1) is 11.0. The molecule has 1 aromatic carbocycles. The Hall–Kier alpha value is -2.47. The number of rotatable bonds is 6. The smallest absolute Gasteiger partial charge is 0.271 e. The van der Waals surface area contributed by atoms with Crippen LogP contribution in [0.15, 0.2) is 41.2 Å². The highest BCUT2D eigenvalue weighted by Crippen LogP contribution is 2.12. The number of amides is 1. The molecule has 0 bridgehead atoms. The lowest BCUT2D eigenvalue weighted by Crippen LogP contribution is -2.28. The monoisotopic (exact) mass is 314 g/mol. The minimum Gasteiger partial charge on any atom is -0.347 e. The molecule has 23 heavy (non-hydrogen) atoms. The lowest BCUT2D eigenvalue weighted by Gasteiger charge is -2.22. The number of carbonyl (C=O) groups excluding carboxylic acids is 1. The number of nitrogens with one attached hydrogen (secondary N) is 2. The van der Waals surface area contributed by atoms with Gasteiger partial charge in [0.15, 0.2) is 0 Å². The maximum Gasteiger partial charge on any atom is 0.271 e. The topological polar surface area (TPSA) is 78.1 Å². The van der Waals surface area contributed by atoms with E-state index in [1.54, 1.807) is 0 Å². The normalized spacial score (nSPS) is 11.0. The van der Waals surface area contributed by atoms with Crippen molar-refractivity contribution in [1.29, 1.82) is 0 Å². The Morgan fingerprint density at radius 1 is 1.22 bits per heavy atom. The lowest BCUT2D eigenvalue weighted by molar-refractivity contribution is 0.0944. The molecule has 0 aliphatic carbocycles. The van der Waals surface area contributed by atoms with Gasteiger partial charge in [-0.2, -0.15) is 5.10 Å². The van der Waals surface area contributed by atoms with Crippen LogP contribution in [0.2, 0.25) is 0 Å². The van der Waals surface area contributed by atoms with Crippen molar-refractivity contribution in [2.45, 2.75) is 33.0 Å². The molecule has 6 nitrogen and oxygen atoms in total. The zero-order valence-electron chi connectivity index (χ0n) is 13.7. The number of aromatic nitrogens is 2. The van der Waals surface area contributed by atoms with E-state index in [0.29, 0.717) is 12.6 Å². The summed E-state index contributed by atoms with van der Waals surface area (Å²) >= 11 is 0. The van der Waals surface area contributed by atoms with Crippen LogP contribution >= 0.6 is 0 Å². The van der Waals surface area contributed by atoms with Crippen LogP contribution in [-0.2, 0) is 13.1 Å². The fourth-order valence-corrected chi connectivity index (χ4v) is 2.07. The zero-order valence-corrected chi connectivity index (χ0v) is 13.7. The molecule has 0 fully saturated rings. The van der Waals surface area contributed by atoms with Gasteiger partial charge in [-0.05, 0) is 38.1 Å². The van der Waals surface area contributed by atoms with Crippen molar-refractivity contribution < 1.29 is 4.79 Å². The molecule has 1 aromatic heterocycles. The molecule has 1 heterocycles. The molecule has 0 aliphatic rings. The van der Waals surface area contributed by atoms with Crippen LogP contribution in [0.4, 0.5) is 0 Å². The summed E-state index contributed by atoms with van der Waals surface area (Å²) in [6, 6.07) is 11.2. The van der Waals surface area contributed by atoms with Crippen LogP contribution in [0, 0.1) is 0 Å². The van der Waals surface area contributed by atoms with Crippen molar-refractivity contribution in [1.82, 2.24) is 20.4 Å². The second kappa shape index (κ2) is 7.69.